The van der Waals surface area contributed by atoms with Crippen LogP contribution in [0, 0.1) is 11.3 Å². The maximum Gasteiger partial charge on any atom is 0.309 e. The van der Waals surface area contributed by atoms with Crippen molar-refractivity contribution in [3.05, 3.63) is 85.0 Å². The second-order valence-corrected chi connectivity index (χ2v) is 8.49. The molecule has 2 rings (SSSR count). The summed E-state index contributed by atoms with van der Waals surface area (Å²) in [7, 11) is 0. The van der Waals surface area contributed by atoms with Crippen molar-refractivity contribution in [3.8, 4) is 16.9 Å². The van der Waals surface area contributed by atoms with Gasteiger partial charge in [0.05, 0.1) is 5.92 Å². The molecule has 0 aromatic heterocycles. The summed E-state index contributed by atoms with van der Waals surface area (Å²) in [6.45, 7) is 14.2. The van der Waals surface area contributed by atoms with Crippen molar-refractivity contribution >= 4 is 11.5 Å². The highest BCUT2D eigenvalue weighted by Crippen LogP contribution is 2.37. The lowest BCUT2D eigenvalue weighted by Gasteiger charge is -2.25. The average molecular weight is 419 g/mol. The Labute approximate surface area is 187 Å². The lowest BCUT2D eigenvalue weighted by atomic mass is 9.82. The molecule has 1 unspecified atom stereocenters. The van der Waals surface area contributed by atoms with Crippen molar-refractivity contribution < 1.29 is 14.3 Å². The Morgan fingerprint density at radius 3 is 2.39 bits per heavy atom. The van der Waals surface area contributed by atoms with E-state index in [4.69, 9.17) is 9.47 Å². The quantitative estimate of drug-likeness (QED) is 0.247. The zero-order valence-corrected chi connectivity index (χ0v) is 19.4. The van der Waals surface area contributed by atoms with Crippen molar-refractivity contribution in [2.24, 2.45) is 11.3 Å². The number of carbonyl (C=O) groups is 1. The van der Waals surface area contributed by atoms with Crippen molar-refractivity contribution in [1.82, 2.24) is 0 Å². The summed E-state index contributed by atoms with van der Waals surface area (Å²) in [6.07, 6.45) is 7.71. The summed E-state index contributed by atoms with van der Waals surface area (Å²) in [4.78, 5) is 12.3. The number of carbonyl (C=O) groups excluding carboxylic acids is 1. The third-order valence-electron chi connectivity index (χ3n) is 5.36. The maximum absolute atomic E-state index is 12.3. The molecule has 0 amide bonds. The zero-order valence-electron chi connectivity index (χ0n) is 19.4. The molecule has 0 bridgehead atoms. The second kappa shape index (κ2) is 11.4. The van der Waals surface area contributed by atoms with E-state index in [0.29, 0.717) is 0 Å². The Bertz CT molecular complexity index is 930. The fraction of sp³-hybridized carbons (Fsp3) is 0.321. The van der Waals surface area contributed by atoms with Gasteiger partial charge in [-0.15, -0.1) is 0 Å². The molecule has 0 spiro atoms. The third-order valence-corrected chi connectivity index (χ3v) is 5.36. The molecule has 0 radical (unpaired) electrons. The SMILES string of the molecule is C=C/C=C\C(=C/C)c1cccc(-c2ccccc2)c1OCCOC(=O)C(C)C(C)(C)C. The highest BCUT2D eigenvalue weighted by molar-refractivity contribution is 5.84. The molecule has 164 valence electrons. The predicted molar refractivity (Wildman–Crippen MR) is 130 cm³/mol. The fourth-order valence-corrected chi connectivity index (χ4v) is 3.04. The highest BCUT2D eigenvalue weighted by Gasteiger charge is 2.28. The van der Waals surface area contributed by atoms with E-state index in [2.05, 4.69) is 18.7 Å². The molecule has 2 aromatic rings. The Morgan fingerprint density at radius 1 is 1.06 bits per heavy atom. The summed E-state index contributed by atoms with van der Waals surface area (Å²) in [6, 6.07) is 16.3. The Kier molecular flexibility index (Phi) is 8.87. The molecule has 31 heavy (non-hydrogen) atoms. The summed E-state index contributed by atoms with van der Waals surface area (Å²) >= 11 is 0. The van der Waals surface area contributed by atoms with Crippen LogP contribution in [0.3, 0.4) is 0 Å². The molecule has 0 N–H and O–H groups in total. The number of hydrogen-bond donors (Lipinski definition) is 0. The van der Waals surface area contributed by atoms with Crippen LogP contribution in [0.5, 0.6) is 5.75 Å². The first-order valence-electron chi connectivity index (χ1n) is 10.7. The minimum Gasteiger partial charge on any atom is -0.489 e. The molecule has 1 atom stereocenters. The zero-order chi connectivity index (χ0) is 22.9. The number of allylic oxidation sites excluding steroid dienone is 5. The Morgan fingerprint density at radius 2 is 1.77 bits per heavy atom. The van der Waals surface area contributed by atoms with Gasteiger partial charge in [-0.2, -0.15) is 0 Å². The number of esters is 1. The van der Waals surface area contributed by atoms with Crippen molar-refractivity contribution in [2.75, 3.05) is 13.2 Å². The summed E-state index contributed by atoms with van der Waals surface area (Å²) in [5.74, 6) is 0.393. The van der Waals surface area contributed by atoms with E-state index in [9.17, 15) is 4.79 Å². The van der Waals surface area contributed by atoms with Crippen LogP contribution in [-0.2, 0) is 9.53 Å². The predicted octanol–water partition coefficient (Wildman–Crippen LogP) is 7.10. The van der Waals surface area contributed by atoms with E-state index >= 15 is 0 Å². The molecule has 0 saturated heterocycles. The minimum atomic E-state index is -0.198. The largest absolute Gasteiger partial charge is 0.489 e. The van der Waals surface area contributed by atoms with Crippen LogP contribution in [0.15, 0.2) is 79.4 Å². The molecule has 2 aromatic carbocycles. The van der Waals surface area contributed by atoms with Crippen LogP contribution >= 0.6 is 0 Å². The van der Waals surface area contributed by atoms with Gasteiger partial charge in [-0.25, -0.2) is 0 Å². The van der Waals surface area contributed by atoms with Crippen molar-refractivity contribution in [1.29, 1.82) is 0 Å². The van der Waals surface area contributed by atoms with Gasteiger partial charge in [-0.05, 0) is 23.5 Å². The molecule has 3 heteroatoms. The fourth-order valence-electron chi connectivity index (χ4n) is 3.04. The number of benzene rings is 2. The van der Waals surface area contributed by atoms with Gasteiger partial charge in [0, 0.05) is 11.1 Å². The minimum absolute atomic E-state index is 0.136. The van der Waals surface area contributed by atoms with Crippen LogP contribution < -0.4 is 4.74 Å². The molecule has 0 aliphatic heterocycles. The van der Waals surface area contributed by atoms with Gasteiger partial charge in [-0.1, -0.05) is 107 Å². The second-order valence-electron chi connectivity index (χ2n) is 8.49. The standard InChI is InChI=1S/C28H34O3/c1-7-9-14-22(8-2)24-17-13-18-25(23-15-11-10-12-16-23)26(24)30-19-20-31-27(29)21(3)28(4,5)6/h7-18,21H,1,19-20H2,2-6H3/b14-9-,22-8+. The molecule has 0 fully saturated rings. The van der Waals surface area contributed by atoms with E-state index < -0.39 is 0 Å². The molecule has 3 nitrogen and oxygen atoms in total. The maximum atomic E-state index is 12.3. The number of ether oxygens (including phenoxy) is 2. The molecule has 0 saturated carbocycles. The van der Waals surface area contributed by atoms with E-state index in [1.54, 1.807) is 6.08 Å². The van der Waals surface area contributed by atoms with Gasteiger partial charge in [0.2, 0.25) is 0 Å². The first-order chi connectivity index (χ1) is 14.8. The first-order valence-corrected chi connectivity index (χ1v) is 10.7. The van der Waals surface area contributed by atoms with E-state index in [1.807, 2.05) is 89.2 Å². The normalized spacial score (nSPS) is 13.1. The van der Waals surface area contributed by atoms with Crippen LogP contribution in [0.2, 0.25) is 0 Å². The molecule has 0 aliphatic carbocycles. The first kappa shape index (κ1) is 24.2. The molecule has 0 aliphatic rings. The van der Waals surface area contributed by atoms with Gasteiger partial charge in [0.15, 0.2) is 0 Å². The smallest absolute Gasteiger partial charge is 0.309 e. The van der Waals surface area contributed by atoms with Crippen LogP contribution in [0.25, 0.3) is 16.7 Å². The van der Waals surface area contributed by atoms with Crippen molar-refractivity contribution in [3.63, 3.8) is 0 Å². The molecule has 0 heterocycles. The summed E-state index contributed by atoms with van der Waals surface area (Å²) in [5, 5.41) is 0. The average Bonchev–Trinajstić information content (AvgIpc) is 2.76. The van der Waals surface area contributed by atoms with Gasteiger partial charge >= 0.3 is 5.97 Å². The van der Waals surface area contributed by atoms with Crippen LogP contribution in [0.4, 0.5) is 0 Å². The van der Waals surface area contributed by atoms with Crippen molar-refractivity contribution in [2.45, 2.75) is 34.6 Å². The number of rotatable bonds is 9. The highest BCUT2D eigenvalue weighted by atomic mass is 16.6. The summed E-state index contributed by atoms with van der Waals surface area (Å²) < 4.78 is 11.7. The molecular formula is C28H34O3. The van der Waals surface area contributed by atoms with Gasteiger partial charge in [0.25, 0.3) is 0 Å². The number of para-hydroxylation sites is 1. The third kappa shape index (κ3) is 6.71. The Balaban J connectivity index is 2.28. The van der Waals surface area contributed by atoms with Gasteiger partial charge in [0.1, 0.15) is 19.0 Å². The number of hydrogen-bond acceptors (Lipinski definition) is 3. The van der Waals surface area contributed by atoms with E-state index in [1.165, 1.54) is 0 Å². The monoisotopic (exact) mass is 418 g/mol. The van der Waals surface area contributed by atoms with E-state index in [0.717, 1.165) is 28.0 Å². The van der Waals surface area contributed by atoms with Gasteiger partial charge in [-0.3, -0.25) is 4.79 Å². The van der Waals surface area contributed by atoms with E-state index in [-0.39, 0.29) is 30.5 Å². The van der Waals surface area contributed by atoms with Crippen LogP contribution in [-0.4, -0.2) is 19.2 Å². The lowest BCUT2D eigenvalue weighted by Crippen LogP contribution is -2.28. The topological polar surface area (TPSA) is 35.5 Å². The van der Waals surface area contributed by atoms with Gasteiger partial charge < -0.3 is 9.47 Å². The van der Waals surface area contributed by atoms with Crippen LogP contribution in [0.1, 0.15) is 40.2 Å². The molecular weight excluding hydrogens is 384 g/mol. The lowest BCUT2D eigenvalue weighted by molar-refractivity contribution is -0.152. The Hall–Kier alpha value is -3.07. The summed E-state index contributed by atoms with van der Waals surface area (Å²) in [5.41, 5.74) is 3.95.